The zero-order valence-corrected chi connectivity index (χ0v) is 14.6. The van der Waals surface area contributed by atoms with Crippen molar-refractivity contribution >= 4 is 5.95 Å². The highest BCUT2D eigenvalue weighted by atomic mass is 19.1. The molecule has 2 aliphatic rings. The smallest absolute Gasteiger partial charge is 0.225 e. The lowest BCUT2D eigenvalue weighted by Crippen LogP contribution is -2.57. The Labute approximate surface area is 147 Å². The number of nitrogens with zero attached hydrogens (tertiary/aromatic N) is 5. The minimum atomic E-state index is -0.402. The van der Waals surface area contributed by atoms with Gasteiger partial charge in [-0.05, 0) is 25.0 Å². The molecule has 2 saturated heterocycles. The molecule has 4 rings (SSSR count). The molecule has 0 N–H and O–H groups in total. The Hall–Kier alpha value is -1.99. The van der Waals surface area contributed by atoms with Gasteiger partial charge in [-0.3, -0.25) is 4.90 Å². The van der Waals surface area contributed by atoms with E-state index in [-0.39, 0.29) is 5.60 Å². The average molecular weight is 345 g/mol. The Balaban J connectivity index is 1.38. The van der Waals surface area contributed by atoms with Crippen molar-refractivity contribution in [1.82, 2.24) is 19.4 Å². The third kappa shape index (κ3) is 3.52. The summed E-state index contributed by atoms with van der Waals surface area (Å²) in [4.78, 5) is 12.9. The molecule has 2 fully saturated rings. The first-order valence-corrected chi connectivity index (χ1v) is 8.83. The monoisotopic (exact) mass is 345 g/mol. The fourth-order valence-electron chi connectivity index (χ4n) is 3.80. The Bertz CT molecular complexity index is 709. The zero-order chi connectivity index (χ0) is 17.3. The molecule has 134 valence electrons. The van der Waals surface area contributed by atoms with Gasteiger partial charge in [-0.15, -0.1) is 0 Å². The van der Waals surface area contributed by atoms with Gasteiger partial charge in [-0.1, -0.05) is 0 Å². The molecule has 0 aliphatic carbocycles. The quantitative estimate of drug-likeness (QED) is 0.849. The molecule has 0 aromatic carbocycles. The molecule has 0 bridgehead atoms. The van der Waals surface area contributed by atoms with Crippen LogP contribution < -0.4 is 4.90 Å². The molecule has 4 heterocycles. The minimum absolute atomic E-state index is 0.138. The Morgan fingerprint density at radius 2 is 1.96 bits per heavy atom. The molecular weight excluding hydrogens is 321 g/mol. The summed E-state index contributed by atoms with van der Waals surface area (Å²) in [6, 6.07) is 4.26. The number of aryl methyl sites for hydroxylation is 1. The Morgan fingerprint density at radius 1 is 1.20 bits per heavy atom. The normalized spacial score (nSPS) is 21.0. The summed E-state index contributed by atoms with van der Waals surface area (Å²) in [7, 11) is 2.09. The molecule has 0 unspecified atom stereocenters. The highest BCUT2D eigenvalue weighted by Crippen LogP contribution is 2.31. The van der Waals surface area contributed by atoms with Crippen LogP contribution in [0.5, 0.6) is 0 Å². The van der Waals surface area contributed by atoms with Gasteiger partial charge in [-0.2, -0.15) is 0 Å². The summed E-state index contributed by atoms with van der Waals surface area (Å²) < 4.78 is 21.4. The maximum Gasteiger partial charge on any atom is 0.225 e. The molecule has 2 aromatic rings. The number of halogens is 1. The second-order valence-electron chi connectivity index (χ2n) is 7.04. The molecule has 2 aliphatic heterocycles. The van der Waals surface area contributed by atoms with Crippen LogP contribution in [0, 0.1) is 5.82 Å². The van der Waals surface area contributed by atoms with Gasteiger partial charge < -0.3 is 14.2 Å². The number of hydrogen-bond acceptors (Lipinski definition) is 5. The standard InChI is InChI=1S/C18H24FN5O/c1-22-6-2-3-16(22)13-23-7-4-18(5-8-23)14-24(9-10-25-18)17-20-11-15(19)12-21-17/h2-3,6,11-12H,4-5,7-10,13-14H2,1H3. The van der Waals surface area contributed by atoms with Gasteiger partial charge in [0.1, 0.15) is 0 Å². The topological polar surface area (TPSA) is 46.4 Å². The van der Waals surface area contributed by atoms with E-state index in [2.05, 4.69) is 49.7 Å². The second-order valence-corrected chi connectivity index (χ2v) is 7.04. The van der Waals surface area contributed by atoms with Crippen LogP contribution in [0.2, 0.25) is 0 Å². The largest absolute Gasteiger partial charge is 0.371 e. The predicted molar refractivity (Wildman–Crippen MR) is 92.8 cm³/mol. The van der Waals surface area contributed by atoms with Gasteiger partial charge in [0.05, 0.1) is 31.1 Å². The van der Waals surface area contributed by atoms with Crippen molar-refractivity contribution < 1.29 is 9.13 Å². The van der Waals surface area contributed by atoms with E-state index >= 15 is 0 Å². The maximum absolute atomic E-state index is 13.1. The summed E-state index contributed by atoms with van der Waals surface area (Å²) in [6.07, 6.45) is 6.54. The third-order valence-electron chi connectivity index (χ3n) is 5.34. The SMILES string of the molecule is Cn1cccc1CN1CCC2(CC1)CN(c1ncc(F)cn1)CCO2. The van der Waals surface area contributed by atoms with Crippen molar-refractivity contribution in [2.75, 3.05) is 37.7 Å². The van der Waals surface area contributed by atoms with Crippen molar-refractivity contribution in [3.8, 4) is 0 Å². The predicted octanol–water partition coefficient (Wildman–Crippen LogP) is 1.83. The average Bonchev–Trinajstić information content (AvgIpc) is 3.03. The maximum atomic E-state index is 13.1. The van der Waals surface area contributed by atoms with Crippen LogP contribution in [0.1, 0.15) is 18.5 Å². The van der Waals surface area contributed by atoms with E-state index in [1.807, 2.05) is 0 Å². The van der Waals surface area contributed by atoms with Crippen LogP contribution in [0.15, 0.2) is 30.7 Å². The van der Waals surface area contributed by atoms with Gasteiger partial charge in [0.15, 0.2) is 5.82 Å². The molecule has 7 heteroatoms. The fraction of sp³-hybridized carbons (Fsp3) is 0.556. The molecule has 2 aromatic heterocycles. The van der Waals surface area contributed by atoms with Crippen LogP contribution >= 0.6 is 0 Å². The number of piperidine rings is 1. The number of rotatable bonds is 3. The summed E-state index contributed by atoms with van der Waals surface area (Å²) in [6.45, 7) is 5.20. The number of morpholine rings is 1. The van der Waals surface area contributed by atoms with Gasteiger partial charge in [0, 0.05) is 45.1 Å². The van der Waals surface area contributed by atoms with Gasteiger partial charge in [0.25, 0.3) is 0 Å². The molecule has 6 nitrogen and oxygen atoms in total. The van der Waals surface area contributed by atoms with Gasteiger partial charge in [-0.25, -0.2) is 14.4 Å². The van der Waals surface area contributed by atoms with E-state index < -0.39 is 5.82 Å². The number of aromatic nitrogens is 3. The lowest BCUT2D eigenvalue weighted by molar-refractivity contribution is -0.0925. The van der Waals surface area contributed by atoms with E-state index in [9.17, 15) is 4.39 Å². The van der Waals surface area contributed by atoms with E-state index in [1.165, 1.54) is 18.1 Å². The highest BCUT2D eigenvalue weighted by Gasteiger charge is 2.40. The van der Waals surface area contributed by atoms with Crippen molar-refractivity contribution in [2.24, 2.45) is 7.05 Å². The Kier molecular flexibility index (Phi) is 4.43. The minimum Gasteiger partial charge on any atom is -0.371 e. The second kappa shape index (κ2) is 6.72. The molecule has 1 spiro atoms. The Morgan fingerprint density at radius 3 is 2.64 bits per heavy atom. The molecule has 0 saturated carbocycles. The van der Waals surface area contributed by atoms with Crippen LogP contribution in [-0.4, -0.2) is 57.8 Å². The summed E-state index contributed by atoms with van der Waals surface area (Å²) in [5, 5.41) is 0. The van der Waals surface area contributed by atoms with Gasteiger partial charge >= 0.3 is 0 Å². The van der Waals surface area contributed by atoms with Crippen molar-refractivity contribution in [3.05, 3.63) is 42.2 Å². The molecule has 25 heavy (non-hydrogen) atoms. The number of likely N-dealkylation sites (tertiary alicyclic amines) is 1. The molecule has 0 amide bonds. The first kappa shape index (κ1) is 16.5. The fourth-order valence-corrected chi connectivity index (χ4v) is 3.80. The summed E-state index contributed by atoms with van der Waals surface area (Å²) in [5.41, 5.74) is 1.20. The van der Waals surface area contributed by atoms with Crippen LogP contribution in [-0.2, 0) is 18.3 Å². The van der Waals surface area contributed by atoms with Crippen molar-refractivity contribution in [2.45, 2.75) is 25.0 Å². The van der Waals surface area contributed by atoms with Crippen molar-refractivity contribution in [3.63, 3.8) is 0 Å². The lowest BCUT2D eigenvalue weighted by Gasteiger charge is -2.47. The molecular formula is C18H24FN5O. The summed E-state index contributed by atoms with van der Waals surface area (Å²) >= 11 is 0. The van der Waals surface area contributed by atoms with Crippen LogP contribution in [0.25, 0.3) is 0 Å². The van der Waals surface area contributed by atoms with Gasteiger partial charge in [0.2, 0.25) is 5.95 Å². The van der Waals surface area contributed by atoms with E-state index in [0.29, 0.717) is 12.6 Å². The zero-order valence-electron chi connectivity index (χ0n) is 14.6. The lowest BCUT2D eigenvalue weighted by atomic mass is 9.89. The molecule has 0 atom stereocenters. The van der Waals surface area contributed by atoms with E-state index in [1.54, 1.807) is 0 Å². The first-order valence-electron chi connectivity index (χ1n) is 8.83. The number of hydrogen-bond donors (Lipinski definition) is 0. The van der Waals surface area contributed by atoms with Crippen LogP contribution in [0.4, 0.5) is 10.3 Å². The first-order chi connectivity index (χ1) is 12.1. The van der Waals surface area contributed by atoms with E-state index in [0.717, 1.165) is 45.6 Å². The highest BCUT2D eigenvalue weighted by molar-refractivity contribution is 5.30. The molecule has 0 radical (unpaired) electrons. The third-order valence-corrected chi connectivity index (χ3v) is 5.34. The number of anilines is 1. The summed E-state index contributed by atoms with van der Waals surface area (Å²) in [5.74, 6) is 0.191. The van der Waals surface area contributed by atoms with E-state index in [4.69, 9.17) is 4.74 Å². The van der Waals surface area contributed by atoms with Crippen molar-refractivity contribution in [1.29, 1.82) is 0 Å². The number of ether oxygens (including phenoxy) is 1. The van der Waals surface area contributed by atoms with Crippen LogP contribution in [0.3, 0.4) is 0 Å².